The summed E-state index contributed by atoms with van der Waals surface area (Å²) < 4.78 is 1.72. The Morgan fingerprint density at radius 1 is 0.833 bits per heavy atom. The molecule has 0 radical (unpaired) electrons. The van der Waals surface area contributed by atoms with Crippen molar-refractivity contribution < 1.29 is 24.7 Å². The third-order valence-corrected chi connectivity index (χ3v) is 81.3. The molecule has 71 valence electrons. The molecule has 0 unspecified atom stereocenters. The summed E-state index contributed by atoms with van der Waals surface area (Å²) in [6.45, 7) is 15.3. The standard InChI is InChI=1S/C7H23Si4.Zr/c1-8(2)11(7,9(3)4)10(5)6;/h8-10H,7H2,1-6H3;. The van der Waals surface area contributed by atoms with Crippen molar-refractivity contribution in [3.63, 3.8) is 0 Å². The predicted molar refractivity (Wildman–Crippen MR) is 67.2 cm³/mol. The van der Waals surface area contributed by atoms with E-state index in [4.69, 9.17) is 0 Å². The summed E-state index contributed by atoms with van der Waals surface area (Å²) in [5.74, 6) is 0. The van der Waals surface area contributed by atoms with Gasteiger partial charge in [0, 0.05) is 0 Å². The molecule has 0 N–H and O–H groups in total. The minimum atomic E-state index is -0.545. The van der Waals surface area contributed by atoms with Gasteiger partial charge in [-0.25, -0.2) is 0 Å². The van der Waals surface area contributed by atoms with E-state index in [1.165, 1.54) is 0 Å². The van der Waals surface area contributed by atoms with Crippen LogP contribution in [0.1, 0.15) is 0 Å². The van der Waals surface area contributed by atoms with Gasteiger partial charge in [0.15, 0.2) is 0 Å². The second kappa shape index (κ2) is 5.59. The Balaban J connectivity index is 4.77. The van der Waals surface area contributed by atoms with Crippen LogP contribution in [0.25, 0.3) is 0 Å². The summed E-state index contributed by atoms with van der Waals surface area (Å²) in [4.78, 5) is 0. The van der Waals surface area contributed by atoms with E-state index >= 15 is 0 Å². The Labute approximate surface area is 98.6 Å². The first-order valence-corrected chi connectivity index (χ1v) is 21.3. The molecule has 0 atom stereocenters. The second-order valence-electron chi connectivity index (χ2n) is 4.75. The van der Waals surface area contributed by atoms with Crippen LogP contribution in [0.5, 0.6) is 0 Å². The molecule has 0 bridgehead atoms. The fourth-order valence-corrected chi connectivity index (χ4v) is 86.6. The van der Waals surface area contributed by atoms with Gasteiger partial charge >= 0.3 is 99.3 Å². The van der Waals surface area contributed by atoms with Crippen LogP contribution < -0.4 is 0 Å². The summed E-state index contributed by atoms with van der Waals surface area (Å²) in [7, 11) is -0.757. The Hall–Kier alpha value is 1.75. The van der Waals surface area contributed by atoms with E-state index in [-0.39, 0.29) is 24.9 Å². The first-order valence-electron chi connectivity index (χ1n) is 5.04. The first kappa shape index (κ1) is 13.8. The van der Waals surface area contributed by atoms with Crippen molar-refractivity contribution in [1.29, 1.82) is 0 Å². The molecule has 0 aromatic rings. The van der Waals surface area contributed by atoms with Gasteiger partial charge in [-0.2, -0.15) is 0 Å². The van der Waals surface area contributed by atoms with Crippen LogP contribution in [0.4, 0.5) is 0 Å². The van der Waals surface area contributed by atoms with Crippen LogP contribution in [0, 0.1) is 0 Å². The maximum atomic E-state index is 2.65. The molecule has 0 aliphatic heterocycles. The van der Waals surface area contributed by atoms with Gasteiger partial charge in [-0.15, -0.1) is 0 Å². The van der Waals surface area contributed by atoms with E-state index in [0.29, 0.717) is 0 Å². The van der Waals surface area contributed by atoms with E-state index in [2.05, 4.69) is 39.3 Å². The van der Waals surface area contributed by atoms with E-state index in [9.17, 15) is 0 Å². The molecule has 12 heavy (non-hydrogen) atoms. The predicted octanol–water partition coefficient (Wildman–Crippen LogP) is 1.63. The van der Waals surface area contributed by atoms with Crippen molar-refractivity contribution in [3.05, 3.63) is 0 Å². The van der Waals surface area contributed by atoms with Crippen LogP contribution in [0.2, 0.25) is 43.0 Å². The number of rotatable bonds is 4. The van der Waals surface area contributed by atoms with E-state index in [1.807, 2.05) is 24.7 Å². The summed E-state index contributed by atoms with van der Waals surface area (Å²) in [6.07, 6.45) is 0. The topological polar surface area (TPSA) is 0 Å². The fourth-order valence-electron chi connectivity index (χ4n) is 2.61. The first-order chi connectivity index (χ1) is 5.39. The molecule has 0 nitrogen and oxygen atoms in total. The van der Waals surface area contributed by atoms with Crippen LogP contribution in [-0.2, 0) is 24.7 Å². The normalized spacial score (nSPS) is 13.3. The average Bonchev–Trinajstić information content (AvgIpc) is 1.86. The van der Waals surface area contributed by atoms with Gasteiger partial charge in [-0.05, 0) is 0 Å². The van der Waals surface area contributed by atoms with Crippen molar-refractivity contribution in [1.82, 2.24) is 0 Å². The monoisotopic (exact) mass is 309 g/mol. The Morgan fingerprint density at radius 2 is 1.08 bits per heavy atom. The number of hydrogen-bond donors (Lipinski definition) is 0. The van der Waals surface area contributed by atoms with E-state index < -0.39 is 6.63 Å². The molecule has 0 amide bonds. The molecule has 5 heteroatoms. The molecule has 0 aromatic carbocycles. The van der Waals surface area contributed by atoms with Gasteiger partial charge < -0.3 is 0 Å². The van der Waals surface area contributed by atoms with Crippen LogP contribution in [0.15, 0.2) is 0 Å². The van der Waals surface area contributed by atoms with Crippen molar-refractivity contribution in [2.75, 3.05) is 0 Å². The quantitative estimate of drug-likeness (QED) is 0.693. The molecule has 0 saturated carbocycles. The van der Waals surface area contributed by atoms with Crippen molar-refractivity contribution >= 4 is 31.6 Å². The van der Waals surface area contributed by atoms with Crippen LogP contribution in [0.3, 0.4) is 0 Å². The molecule has 0 rings (SSSR count). The maximum absolute atomic E-state index is 2.65. The molecule has 0 fully saturated rings. The van der Waals surface area contributed by atoms with Gasteiger partial charge in [0.2, 0.25) is 0 Å². The average molecular weight is 311 g/mol. The molecule has 0 spiro atoms. The third kappa shape index (κ3) is 2.62. The van der Waals surface area contributed by atoms with E-state index in [0.717, 1.165) is 0 Å². The van der Waals surface area contributed by atoms with Crippen LogP contribution >= 0.6 is 0 Å². The van der Waals surface area contributed by atoms with Gasteiger partial charge in [-0.1, -0.05) is 0 Å². The van der Waals surface area contributed by atoms with E-state index in [1.54, 1.807) is 3.75 Å². The third-order valence-electron chi connectivity index (χ3n) is 3.53. The van der Waals surface area contributed by atoms with Crippen molar-refractivity contribution in [2.24, 2.45) is 0 Å². The Bertz CT molecular complexity index is 114. The van der Waals surface area contributed by atoms with Gasteiger partial charge in [0.05, 0.1) is 0 Å². The zero-order chi connectivity index (χ0) is 9.94. The van der Waals surface area contributed by atoms with Gasteiger partial charge in [0.1, 0.15) is 0 Å². The number of hydrogen-bond acceptors (Lipinski definition) is 0. The second-order valence-corrected chi connectivity index (χ2v) is 42.9. The summed E-state index contributed by atoms with van der Waals surface area (Å²) in [5, 5.41) is 0. The van der Waals surface area contributed by atoms with Crippen molar-refractivity contribution in [3.8, 4) is 0 Å². The SMILES string of the molecule is C[SiH](C)[Si]([CH2][Zr])([SiH](C)C)[SiH](C)C. The zero-order valence-corrected chi connectivity index (χ0v) is 16.4. The molecule has 0 heterocycles. The molecule has 0 saturated heterocycles. The zero-order valence-electron chi connectivity index (χ0n) is 9.44. The fraction of sp³-hybridized carbons (Fsp3) is 1.00. The minimum absolute atomic E-state index is 0.252. The molecule has 0 aliphatic rings. The van der Waals surface area contributed by atoms with Gasteiger partial charge in [0.25, 0.3) is 0 Å². The molecule has 0 aliphatic carbocycles. The van der Waals surface area contributed by atoms with Gasteiger partial charge in [-0.3, -0.25) is 0 Å². The molecular weight excluding hydrogens is 288 g/mol. The summed E-state index contributed by atoms with van der Waals surface area (Å²) >= 11 is 1.86. The molecular formula is C7H23Si4Zr. The Morgan fingerprint density at radius 3 is 1.08 bits per heavy atom. The summed E-state index contributed by atoms with van der Waals surface area (Å²) in [5.41, 5.74) is 0. The molecule has 0 aromatic heterocycles. The Kier molecular flexibility index (Phi) is 6.40. The summed E-state index contributed by atoms with van der Waals surface area (Å²) in [6, 6.07) is 0. The van der Waals surface area contributed by atoms with Crippen molar-refractivity contribution in [2.45, 2.75) is 43.0 Å². The van der Waals surface area contributed by atoms with Crippen LogP contribution in [-0.4, -0.2) is 31.6 Å².